The average molecular weight is 361 g/mol. The van der Waals surface area contributed by atoms with Gasteiger partial charge in [0.25, 0.3) is 0 Å². The number of aromatic nitrogens is 1. The fourth-order valence-electron chi connectivity index (χ4n) is 2.51. The number of hydrogen-bond acceptors (Lipinski definition) is 3. The van der Waals surface area contributed by atoms with Crippen molar-refractivity contribution >= 4 is 17.4 Å². The molecule has 5 heteroatoms. The molecule has 27 heavy (non-hydrogen) atoms. The van der Waals surface area contributed by atoms with Crippen molar-refractivity contribution in [2.45, 2.75) is 26.2 Å². The molecule has 0 aliphatic rings. The van der Waals surface area contributed by atoms with E-state index in [0.29, 0.717) is 17.2 Å². The molecule has 0 bridgehead atoms. The number of urea groups is 1. The van der Waals surface area contributed by atoms with E-state index in [-0.39, 0.29) is 11.4 Å². The Balaban J connectivity index is 1.60. The van der Waals surface area contributed by atoms with Crippen molar-refractivity contribution in [2.24, 2.45) is 0 Å². The Morgan fingerprint density at radius 2 is 1.63 bits per heavy atom. The standard InChI is InChI=1S/C22H23N3O2/c1-22(2,3)16-6-4-7-18(14-16)25-21(26)24-17-9-11-19(12-10-17)27-20-8-5-13-23-15-20/h4-15H,1-3H3,(H2,24,25,26). The Morgan fingerprint density at radius 3 is 2.30 bits per heavy atom. The number of nitrogens with one attached hydrogen (secondary N) is 2. The summed E-state index contributed by atoms with van der Waals surface area (Å²) in [5, 5.41) is 5.69. The first-order valence-electron chi connectivity index (χ1n) is 8.77. The number of ether oxygens (including phenoxy) is 1. The minimum Gasteiger partial charge on any atom is -0.456 e. The Labute approximate surface area is 159 Å². The molecule has 0 saturated heterocycles. The van der Waals surface area contributed by atoms with Gasteiger partial charge in [0.05, 0.1) is 6.20 Å². The molecule has 0 fully saturated rings. The van der Waals surface area contributed by atoms with Crippen molar-refractivity contribution < 1.29 is 9.53 Å². The number of nitrogens with zero attached hydrogens (tertiary/aromatic N) is 1. The lowest BCUT2D eigenvalue weighted by atomic mass is 9.87. The van der Waals surface area contributed by atoms with Gasteiger partial charge < -0.3 is 15.4 Å². The van der Waals surface area contributed by atoms with Crippen LogP contribution in [0.2, 0.25) is 0 Å². The largest absolute Gasteiger partial charge is 0.456 e. The topological polar surface area (TPSA) is 63.2 Å². The molecule has 3 aromatic rings. The van der Waals surface area contributed by atoms with E-state index in [1.54, 1.807) is 36.7 Å². The van der Waals surface area contributed by atoms with Crippen LogP contribution in [0, 0.1) is 0 Å². The van der Waals surface area contributed by atoms with Gasteiger partial charge in [-0.05, 0) is 59.5 Å². The van der Waals surface area contributed by atoms with Gasteiger partial charge in [0.15, 0.2) is 0 Å². The van der Waals surface area contributed by atoms with Crippen LogP contribution >= 0.6 is 0 Å². The molecule has 0 aliphatic carbocycles. The zero-order valence-corrected chi connectivity index (χ0v) is 15.7. The van der Waals surface area contributed by atoms with E-state index >= 15 is 0 Å². The molecule has 2 N–H and O–H groups in total. The summed E-state index contributed by atoms with van der Waals surface area (Å²) in [7, 11) is 0. The smallest absolute Gasteiger partial charge is 0.323 e. The summed E-state index contributed by atoms with van der Waals surface area (Å²) in [4.78, 5) is 16.3. The molecule has 5 nitrogen and oxygen atoms in total. The summed E-state index contributed by atoms with van der Waals surface area (Å²) >= 11 is 0. The van der Waals surface area contributed by atoms with Crippen molar-refractivity contribution in [3.8, 4) is 11.5 Å². The van der Waals surface area contributed by atoms with E-state index in [1.807, 2.05) is 30.3 Å². The molecular weight excluding hydrogens is 338 g/mol. The van der Waals surface area contributed by atoms with Crippen molar-refractivity contribution in [2.75, 3.05) is 10.6 Å². The van der Waals surface area contributed by atoms with E-state index in [9.17, 15) is 4.79 Å². The quantitative estimate of drug-likeness (QED) is 0.616. The van der Waals surface area contributed by atoms with Crippen LogP contribution in [0.1, 0.15) is 26.3 Å². The van der Waals surface area contributed by atoms with E-state index in [0.717, 1.165) is 11.3 Å². The number of anilines is 2. The molecule has 138 valence electrons. The Bertz CT molecular complexity index is 901. The van der Waals surface area contributed by atoms with Gasteiger partial charge in [0, 0.05) is 17.6 Å². The number of hydrogen-bond donors (Lipinski definition) is 2. The van der Waals surface area contributed by atoms with Gasteiger partial charge >= 0.3 is 6.03 Å². The number of amides is 2. The maximum Gasteiger partial charge on any atom is 0.323 e. The minimum atomic E-state index is -0.290. The van der Waals surface area contributed by atoms with Gasteiger partial charge in [-0.1, -0.05) is 32.9 Å². The summed E-state index contributed by atoms with van der Waals surface area (Å²) in [6, 6.07) is 18.4. The van der Waals surface area contributed by atoms with E-state index in [4.69, 9.17) is 4.74 Å². The van der Waals surface area contributed by atoms with Crippen LogP contribution in [0.15, 0.2) is 73.1 Å². The summed E-state index contributed by atoms with van der Waals surface area (Å²) in [6.45, 7) is 6.42. The first-order chi connectivity index (χ1) is 12.9. The zero-order chi connectivity index (χ0) is 19.3. The third-order valence-corrected chi connectivity index (χ3v) is 3.97. The lowest BCUT2D eigenvalue weighted by Gasteiger charge is -2.20. The summed E-state index contributed by atoms with van der Waals surface area (Å²) < 4.78 is 5.69. The van der Waals surface area contributed by atoms with E-state index < -0.39 is 0 Å². The highest BCUT2D eigenvalue weighted by Gasteiger charge is 2.14. The predicted molar refractivity (Wildman–Crippen MR) is 109 cm³/mol. The van der Waals surface area contributed by atoms with Crippen LogP contribution in [-0.4, -0.2) is 11.0 Å². The average Bonchev–Trinajstić information content (AvgIpc) is 2.64. The summed E-state index contributed by atoms with van der Waals surface area (Å²) in [5.41, 5.74) is 2.63. The minimum absolute atomic E-state index is 0.0261. The molecular formula is C22H23N3O2. The maximum atomic E-state index is 12.3. The normalized spacial score (nSPS) is 10.9. The Hall–Kier alpha value is -3.34. The third kappa shape index (κ3) is 5.31. The first-order valence-corrected chi connectivity index (χ1v) is 8.77. The monoisotopic (exact) mass is 361 g/mol. The molecule has 1 aromatic heterocycles. The highest BCUT2D eigenvalue weighted by molar-refractivity contribution is 5.99. The van der Waals surface area contributed by atoms with Crippen LogP contribution in [-0.2, 0) is 5.41 Å². The summed E-state index contributed by atoms with van der Waals surface area (Å²) in [6.07, 6.45) is 3.33. The molecule has 0 unspecified atom stereocenters. The molecule has 0 spiro atoms. The zero-order valence-electron chi connectivity index (χ0n) is 15.7. The second-order valence-electron chi connectivity index (χ2n) is 7.23. The van der Waals surface area contributed by atoms with Gasteiger partial charge in [0.1, 0.15) is 11.5 Å². The molecule has 3 rings (SSSR count). The van der Waals surface area contributed by atoms with Crippen molar-refractivity contribution in [3.05, 3.63) is 78.6 Å². The number of benzene rings is 2. The molecule has 2 amide bonds. The Morgan fingerprint density at radius 1 is 0.889 bits per heavy atom. The highest BCUT2D eigenvalue weighted by Crippen LogP contribution is 2.25. The second-order valence-corrected chi connectivity index (χ2v) is 7.23. The molecule has 0 atom stereocenters. The molecule has 1 heterocycles. The first kappa shape index (κ1) is 18.5. The maximum absolute atomic E-state index is 12.3. The predicted octanol–water partition coefficient (Wildman–Crippen LogP) is 5.82. The van der Waals surface area contributed by atoms with E-state index in [1.165, 1.54) is 0 Å². The number of rotatable bonds is 4. The molecule has 0 saturated carbocycles. The lowest BCUT2D eigenvalue weighted by Crippen LogP contribution is -2.20. The number of pyridine rings is 1. The fraction of sp³-hybridized carbons (Fsp3) is 0.182. The SMILES string of the molecule is CC(C)(C)c1cccc(NC(=O)Nc2ccc(Oc3cccnc3)cc2)c1. The van der Waals surface area contributed by atoms with Gasteiger partial charge in [-0.25, -0.2) is 4.79 Å². The number of carbonyl (C=O) groups is 1. The van der Waals surface area contributed by atoms with Crippen LogP contribution in [0.5, 0.6) is 11.5 Å². The third-order valence-electron chi connectivity index (χ3n) is 3.97. The van der Waals surface area contributed by atoms with Crippen LogP contribution in [0.4, 0.5) is 16.2 Å². The van der Waals surface area contributed by atoms with Crippen LogP contribution in [0.3, 0.4) is 0 Å². The lowest BCUT2D eigenvalue weighted by molar-refractivity contribution is 0.262. The van der Waals surface area contributed by atoms with Gasteiger partial charge in [-0.2, -0.15) is 0 Å². The van der Waals surface area contributed by atoms with Crippen molar-refractivity contribution in [3.63, 3.8) is 0 Å². The van der Waals surface area contributed by atoms with Crippen molar-refractivity contribution in [1.82, 2.24) is 4.98 Å². The Kier molecular flexibility index (Phi) is 5.41. The highest BCUT2D eigenvalue weighted by atomic mass is 16.5. The van der Waals surface area contributed by atoms with Crippen LogP contribution in [0.25, 0.3) is 0 Å². The molecule has 0 aliphatic heterocycles. The number of carbonyl (C=O) groups excluding carboxylic acids is 1. The second kappa shape index (κ2) is 7.91. The van der Waals surface area contributed by atoms with Crippen LogP contribution < -0.4 is 15.4 Å². The van der Waals surface area contributed by atoms with Gasteiger partial charge in [-0.15, -0.1) is 0 Å². The molecule has 0 radical (unpaired) electrons. The van der Waals surface area contributed by atoms with Gasteiger partial charge in [0.2, 0.25) is 0 Å². The fourth-order valence-corrected chi connectivity index (χ4v) is 2.51. The summed E-state index contributed by atoms with van der Waals surface area (Å²) in [5.74, 6) is 1.33. The molecule has 2 aromatic carbocycles. The van der Waals surface area contributed by atoms with Crippen molar-refractivity contribution in [1.29, 1.82) is 0 Å². The van der Waals surface area contributed by atoms with Gasteiger partial charge in [-0.3, -0.25) is 4.98 Å². The van der Waals surface area contributed by atoms with E-state index in [2.05, 4.69) is 42.5 Å².